The van der Waals surface area contributed by atoms with Crippen LogP contribution in [0, 0.1) is 5.82 Å². The Kier molecular flexibility index (Phi) is 2.50. The first-order valence-electron chi connectivity index (χ1n) is 4.45. The zero-order chi connectivity index (χ0) is 10.1. The number of thioether (sulfide) groups is 1. The maximum Gasteiger partial charge on any atom is 0.123 e. The van der Waals surface area contributed by atoms with E-state index in [-0.39, 0.29) is 5.82 Å². The van der Waals surface area contributed by atoms with Gasteiger partial charge in [-0.2, -0.15) is 11.8 Å². The van der Waals surface area contributed by atoms with Gasteiger partial charge in [0, 0.05) is 29.4 Å². The van der Waals surface area contributed by atoms with E-state index < -0.39 is 0 Å². The Labute approximate surface area is 86.9 Å². The highest BCUT2D eigenvalue weighted by Gasteiger charge is 2.05. The average Bonchev–Trinajstić information content (AvgIpc) is 2.44. The Morgan fingerprint density at radius 3 is 2.86 bits per heavy atom. The van der Waals surface area contributed by atoms with E-state index in [1.807, 2.05) is 13.1 Å². The third-order valence-electron chi connectivity index (χ3n) is 2.40. The molecule has 0 amide bonds. The first-order chi connectivity index (χ1) is 6.72. The van der Waals surface area contributed by atoms with Crippen LogP contribution in [0.1, 0.15) is 5.69 Å². The molecule has 1 heterocycles. The molecule has 1 nitrogen and oxygen atoms in total. The Balaban J connectivity index is 2.61. The van der Waals surface area contributed by atoms with Crippen molar-refractivity contribution >= 4 is 22.7 Å². The molecule has 1 aromatic carbocycles. The van der Waals surface area contributed by atoms with Gasteiger partial charge in [-0.3, -0.25) is 0 Å². The molecular formula is C11H12FNS. The Hall–Kier alpha value is -0.960. The van der Waals surface area contributed by atoms with Gasteiger partial charge in [0.1, 0.15) is 5.82 Å². The van der Waals surface area contributed by atoms with Crippen molar-refractivity contribution in [2.24, 2.45) is 7.05 Å². The van der Waals surface area contributed by atoms with E-state index in [2.05, 4.69) is 16.9 Å². The predicted octanol–water partition coefficient (Wildman–Crippen LogP) is 3.18. The van der Waals surface area contributed by atoms with Gasteiger partial charge < -0.3 is 4.57 Å². The van der Waals surface area contributed by atoms with Crippen molar-refractivity contribution in [1.29, 1.82) is 0 Å². The van der Waals surface area contributed by atoms with Crippen LogP contribution in [0.5, 0.6) is 0 Å². The zero-order valence-electron chi connectivity index (χ0n) is 8.25. The van der Waals surface area contributed by atoms with Crippen LogP contribution in [-0.2, 0) is 12.8 Å². The lowest BCUT2D eigenvalue weighted by Crippen LogP contribution is -1.93. The van der Waals surface area contributed by atoms with E-state index in [4.69, 9.17) is 0 Å². The number of hydrogen-bond acceptors (Lipinski definition) is 1. The van der Waals surface area contributed by atoms with E-state index in [1.54, 1.807) is 17.8 Å². The lowest BCUT2D eigenvalue weighted by atomic mass is 10.2. The van der Waals surface area contributed by atoms with E-state index >= 15 is 0 Å². The summed E-state index contributed by atoms with van der Waals surface area (Å²) in [6.45, 7) is 0. The summed E-state index contributed by atoms with van der Waals surface area (Å²) < 4.78 is 15.1. The summed E-state index contributed by atoms with van der Waals surface area (Å²) in [6, 6.07) is 6.97. The molecule has 0 fully saturated rings. The first-order valence-corrected chi connectivity index (χ1v) is 5.84. The second-order valence-electron chi connectivity index (χ2n) is 3.33. The molecule has 2 aromatic rings. The second kappa shape index (κ2) is 3.65. The molecule has 2 rings (SSSR count). The molecule has 0 N–H and O–H groups in total. The standard InChI is InChI=1S/C11H12FNS/c1-13-10(7-14-2)6-8-5-9(12)3-4-11(8)13/h3-6H,7H2,1-2H3. The van der Waals surface area contributed by atoms with Gasteiger partial charge in [-0.15, -0.1) is 0 Å². The predicted molar refractivity (Wildman–Crippen MR) is 60.1 cm³/mol. The van der Waals surface area contributed by atoms with Crippen LogP contribution in [0.4, 0.5) is 4.39 Å². The highest BCUT2D eigenvalue weighted by atomic mass is 32.2. The Morgan fingerprint density at radius 1 is 1.36 bits per heavy atom. The number of rotatable bonds is 2. The summed E-state index contributed by atoms with van der Waals surface area (Å²) in [5.74, 6) is 0.797. The van der Waals surface area contributed by atoms with Gasteiger partial charge in [0.05, 0.1) is 0 Å². The fourth-order valence-corrected chi connectivity index (χ4v) is 2.24. The second-order valence-corrected chi connectivity index (χ2v) is 4.20. The Bertz CT molecular complexity index is 462. The summed E-state index contributed by atoms with van der Waals surface area (Å²) in [5.41, 5.74) is 2.33. The number of halogens is 1. The van der Waals surface area contributed by atoms with Crippen molar-refractivity contribution in [1.82, 2.24) is 4.57 Å². The lowest BCUT2D eigenvalue weighted by Gasteiger charge is -2.01. The van der Waals surface area contributed by atoms with E-state index in [1.165, 1.54) is 11.8 Å². The van der Waals surface area contributed by atoms with E-state index in [0.717, 1.165) is 16.7 Å². The first kappa shape index (κ1) is 9.59. The maximum absolute atomic E-state index is 12.9. The molecule has 14 heavy (non-hydrogen) atoms. The van der Waals surface area contributed by atoms with E-state index in [0.29, 0.717) is 0 Å². The molecule has 0 radical (unpaired) electrons. The molecule has 0 saturated heterocycles. The van der Waals surface area contributed by atoms with Crippen molar-refractivity contribution in [3.05, 3.63) is 35.8 Å². The molecule has 0 aliphatic heterocycles. The zero-order valence-corrected chi connectivity index (χ0v) is 9.07. The third-order valence-corrected chi connectivity index (χ3v) is 2.98. The topological polar surface area (TPSA) is 4.93 Å². The highest BCUT2D eigenvalue weighted by molar-refractivity contribution is 7.97. The summed E-state index contributed by atoms with van der Waals surface area (Å²) >= 11 is 1.77. The van der Waals surface area contributed by atoms with Gasteiger partial charge in [0.15, 0.2) is 0 Å². The van der Waals surface area contributed by atoms with Crippen molar-refractivity contribution in [3.8, 4) is 0 Å². The molecule has 0 saturated carbocycles. The average molecular weight is 209 g/mol. The minimum absolute atomic E-state index is 0.168. The van der Waals surface area contributed by atoms with Gasteiger partial charge in [-0.25, -0.2) is 4.39 Å². The number of fused-ring (bicyclic) bond motifs is 1. The highest BCUT2D eigenvalue weighted by Crippen LogP contribution is 2.21. The van der Waals surface area contributed by atoms with Crippen molar-refractivity contribution < 1.29 is 4.39 Å². The van der Waals surface area contributed by atoms with Gasteiger partial charge in [-0.1, -0.05) is 0 Å². The minimum atomic E-state index is -0.168. The summed E-state index contributed by atoms with van der Waals surface area (Å²) in [7, 11) is 2.02. The smallest absolute Gasteiger partial charge is 0.123 e. The Morgan fingerprint density at radius 2 is 2.14 bits per heavy atom. The summed E-state index contributed by atoms with van der Waals surface area (Å²) in [5, 5.41) is 0.983. The molecule has 0 unspecified atom stereocenters. The number of benzene rings is 1. The van der Waals surface area contributed by atoms with E-state index in [9.17, 15) is 4.39 Å². The van der Waals surface area contributed by atoms with Gasteiger partial charge in [0.2, 0.25) is 0 Å². The van der Waals surface area contributed by atoms with Crippen molar-refractivity contribution in [2.45, 2.75) is 5.75 Å². The quantitative estimate of drug-likeness (QED) is 0.735. The van der Waals surface area contributed by atoms with Gasteiger partial charge >= 0.3 is 0 Å². The third kappa shape index (κ3) is 1.52. The van der Waals surface area contributed by atoms with Crippen LogP contribution in [0.2, 0.25) is 0 Å². The molecule has 3 heteroatoms. The molecule has 0 aliphatic carbocycles. The lowest BCUT2D eigenvalue weighted by molar-refractivity contribution is 0.629. The fraction of sp³-hybridized carbons (Fsp3) is 0.273. The fourth-order valence-electron chi connectivity index (χ4n) is 1.66. The van der Waals surface area contributed by atoms with Crippen LogP contribution >= 0.6 is 11.8 Å². The van der Waals surface area contributed by atoms with Crippen LogP contribution in [0.15, 0.2) is 24.3 Å². The number of hydrogen-bond donors (Lipinski definition) is 0. The molecule has 0 spiro atoms. The van der Waals surface area contributed by atoms with Crippen LogP contribution in [-0.4, -0.2) is 10.8 Å². The molecule has 74 valence electrons. The number of nitrogens with zero attached hydrogens (tertiary/aromatic N) is 1. The SMILES string of the molecule is CSCc1cc2cc(F)ccc2n1C. The van der Waals surface area contributed by atoms with Crippen molar-refractivity contribution in [2.75, 3.05) is 6.26 Å². The molecule has 1 aromatic heterocycles. The van der Waals surface area contributed by atoms with Crippen LogP contribution in [0.3, 0.4) is 0 Å². The molecule has 0 bridgehead atoms. The monoisotopic (exact) mass is 209 g/mol. The van der Waals surface area contributed by atoms with Gasteiger partial charge in [-0.05, 0) is 30.5 Å². The van der Waals surface area contributed by atoms with Crippen LogP contribution in [0.25, 0.3) is 10.9 Å². The molecular weight excluding hydrogens is 197 g/mol. The summed E-state index contributed by atoms with van der Waals surface area (Å²) in [4.78, 5) is 0. The van der Waals surface area contributed by atoms with Crippen LogP contribution < -0.4 is 0 Å². The largest absolute Gasteiger partial charge is 0.347 e. The molecule has 0 atom stereocenters. The number of aromatic nitrogens is 1. The minimum Gasteiger partial charge on any atom is -0.347 e. The maximum atomic E-state index is 12.9. The number of aryl methyl sites for hydroxylation is 1. The van der Waals surface area contributed by atoms with Crippen molar-refractivity contribution in [3.63, 3.8) is 0 Å². The summed E-state index contributed by atoms with van der Waals surface area (Å²) in [6.07, 6.45) is 2.07. The normalized spacial score (nSPS) is 11.1. The van der Waals surface area contributed by atoms with Gasteiger partial charge in [0.25, 0.3) is 0 Å². The molecule has 0 aliphatic rings.